The normalized spacial score (nSPS) is 15.6. The van der Waals surface area contributed by atoms with Crippen molar-refractivity contribution < 1.29 is 14.0 Å². The maximum atomic E-state index is 13.5. The highest BCUT2D eigenvalue weighted by Crippen LogP contribution is 2.43. The summed E-state index contributed by atoms with van der Waals surface area (Å²) in [5, 5.41) is 0.105. The van der Waals surface area contributed by atoms with Crippen molar-refractivity contribution in [2.24, 2.45) is 0 Å². The largest absolute Gasteiger partial charge is 0.546 e. The van der Waals surface area contributed by atoms with Crippen molar-refractivity contribution in [3.63, 3.8) is 0 Å². The van der Waals surface area contributed by atoms with Crippen LogP contribution in [0.4, 0.5) is 4.79 Å². The van der Waals surface area contributed by atoms with Crippen molar-refractivity contribution in [3.05, 3.63) is 59.5 Å². The lowest BCUT2D eigenvalue weighted by Crippen LogP contribution is -2.57. The summed E-state index contributed by atoms with van der Waals surface area (Å²) >= 11 is 0. The molecule has 178 valence electrons. The van der Waals surface area contributed by atoms with E-state index in [-0.39, 0.29) is 22.8 Å². The molecule has 1 aliphatic rings. The highest BCUT2D eigenvalue weighted by atomic mass is 28.4. The molecule has 1 aromatic rings. The third-order valence-electron chi connectivity index (χ3n) is 7.29. The number of rotatable bonds is 6. The van der Waals surface area contributed by atoms with E-state index < -0.39 is 16.6 Å². The minimum Gasteiger partial charge on any atom is -0.546 e. The molecule has 0 aromatic heterocycles. The van der Waals surface area contributed by atoms with Crippen LogP contribution in [-0.2, 0) is 15.8 Å². The molecule has 0 radical (unpaired) electrons. The van der Waals surface area contributed by atoms with Crippen molar-refractivity contribution in [2.45, 2.75) is 97.3 Å². The van der Waals surface area contributed by atoms with Gasteiger partial charge in [-0.25, -0.2) is 4.79 Å². The average molecular weight is 474 g/mol. The van der Waals surface area contributed by atoms with Gasteiger partial charge in [-0.2, -0.15) is 0 Å². The van der Waals surface area contributed by atoms with E-state index in [1.165, 1.54) is 0 Å². The average Bonchev–Trinajstić information content (AvgIpc) is 2.65. The van der Waals surface area contributed by atoms with Crippen molar-refractivity contribution in [2.75, 3.05) is 0 Å². The first-order valence-corrected chi connectivity index (χ1v) is 17.5. The van der Waals surface area contributed by atoms with Crippen molar-refractivity contribution in [1.82, 2.24) is 4.57 Å². The molecule has 6 heteroatoms. The van der Waals surface area contributed by atoms with E-state index in [2.05, 4.69) is 79.9 Å². The monoisotopic (exact) mass is 473 g/mol. The molecular weight excluding hydrogens is 430 g/mol. The minimum atomic E-state index is -2.25. The zero-order chi connectivity index (χ0) is 24.4. The molecule has 0 aliphatic heterocycles. The highest BCUT2D eigenvalue weighted by molar-refractivity contribution is 6.79. The molecule has 0 unspecified atom stereocenters. The summed E-state index contributed by atoms with van der Waals surface area (Å²) in [6.07, 6.45) is 5.74. The molecule has 0 atom stereocenters. The van der Waals surface area contributed by atoms with Crippen LogP contribution in [0.2, 0.25) is 36.3 Å². The van der Waals surface area contributed by atoms with Gasteiger partial charge in [-0.1, -0.05) is 91.0 Å². The zero-order valence-electron chi connectivity index (χ0n) is 21.8. The molecule has 4 nitrogen and oxygen atoms in total. The van der Waals surface area contributed by atoms with Gasteiger partial charge in [0.25, 0.3) is 0 Å². The predicted molar refractivity (Wildman–Crippen MR) is 139 cm³/mol. The molecule has 0 N–H and O–H groups in total. The van der Waals surface area contributed by atoms with Crippen LogP contribution in [0.1, 0.15) is 59.9 Å². The SMILES string of the molecule is CC(C)(C)[Si](C)(C)OC1=CC(N(C(=O)OCc2ccccc2)[Si](C)(C)C(C)(C)C)=CCC1. The van der Waals surface area contributed by atoms with Crippen LogP contribution in [-0.4, -0.2) is 27.2 Å². The number of benzene rings is 1. The summed E-state index contributed by atoms with van der Waals surface area (Å²) in [5.74, 6) is 0.994. The van der Waals surface area contributed by atoms with Gasteiger partial charge in [-0.15, -0.1) is 0 Å². The third kappa shape index (κ3) is 6.16. The smallest absolute Gasteiger partial charge is 0.406 e. The molecule has 1 amide bonds. The van der Waals surface area contributed by atoms with Gasteiger partial charge in [0.05, 0.1) is 5.76 Å². The highest BCUT2D eigenvalue weighted by Gasteiger charge is 2.46. The molecule has 0 heterocycles. The first-order valence-electron chi connectivity index (χ1n) is 11.7. The number of carbonyl (C=O) groups excluding carboxylic acids is 1. The fourth-order valence-corrected chi connectivity index (χ4v) is 6.27. The van der Waals surface area contributed by atoms with Crippen molar-refractivity contribution in [3.8, 4) is 0 Å². The maximum Gasteiger partial charge on any atom is 0.406 e. The molecule has 0 spiro atoms. The number of hydrogen-bond donors (Lipinski definition) is 0. The molecule has 2 rings (SSSR count). The van der Waals surface area contributed by atoms with Crippen molar-refractivity contribution in [1.29, 1.82) is 0 Å². The Hall–Kier alpha value is -1.80. The Morgan fingerprint density at radius 2 is 1.56 bits per heavy atom. The van der Waals surface area contributed by atoms with Crippen LogP contribution in [0.5, 0.6) is 0 Å². The van der Waals surface area contributed by atoms with Crippen LogP contribution in [0.15, 0.2) is 53.9 Å². The predicted octanol–water partition coefficient (Wildman–Crippen LogP) is 8.21. The van der Waals surface area contributed by atoms with E-state index in [1.54, 1.807) is 0 Å². The van der Waals surface area contributed by atoms with E-state index in [0.717, 1.165) is 29.9 Å². The first kappa shape index (κ1) is 26.5. The molecular formula is C26H43NO3Si2. The number of nitrogens with zero attached hydrogens (tertiary/aromatic N) is 1. The van der Waals surface area contributed by atoms with Gasteiger partial charge in [-0.05, 0) is 41.2 Å². The summed E-state index contributed by atoms with van der Waals surface area (Å²) < 4.78 is 14.4. The molecule has 1 aromatic carbocycles. The lowest BCUT2D eigenvalue weighted by atomic mass is 10.1. The van der Waals surface area contributed by atoms with Gasteiger partial charge >= 0.3 is 6.09 Å². The topological polar surface area (TPSA) is 38.8 Å². The second-order valence-corrected chi connectivity index (χ2v) is 21.6. The van der Waals surface area contributed by atoms with Gasteiger partial charge in [0, 0.05) is 12.1 Å². The minimum absolute atomic E-state index is 0.0225. The van der Waals surface area contributed by atoms with E-state index >= 15 is 0 Å². The molecule has 0 bridgehead atoms. The van der Waals surface area contributed by atoms with Crippen molar-refractivity contribution >= 4 is 22.6 Å². The van der Waals surface area contributed by atoms with Gasteiger partial charge in [0.1, 0.15) is 6.61 Å². The summed E-state index contributed by atoms with van der Waals surface area (Å²) in [5.41, 5.74) is 1.92. The first-order chi connectivity index (χ1) is 14.6. The number of hydrogen-bond acceptors (Lipinski definition) is 3. The summed E-state index contributed by atoms with van der Waals surface area (Å²) in [6.45, 7) is 22.7. The third-order valence-corrected chi connectivity index (χ3v) is 16.9. The van der Waals surface area contributed by atoms with Gasteiger partial charge in [-0.3, -0.25) is 0 Å². The Bertz CT molecular complexity index is 859. The quantitative estimate of drug-likeness (QED) is 0.391. The van der Waals surface area contributed by atoms with Crippen LogP contribution < -0.4 is 0 Å². The molecule has 0 fully saturated rings. The number of amides is 1. The van der Waals surface area contributed by atoms with E-state index in [1.807, 2.05) is 34.9 Å². The van der Waals surface area contributed by atoms with Crippen LogP contribution >= 0.6 is 0 Å². The Morgan fingerprint density at radius 3 is 2.09 bits per heavy atom. The molecule has 32 heavy (non-hydrogen) atoms. The Balaban J connectivity index is 2.35. The summed E-state index contributed by atoms with van der Waals surface area (Å²) in [7, 11) is -4.19. The van der Waals surface area contributed by atoms with Crippen LogP contribution in [0.25, 0.3) is 0 Å². The van der Waals surface area contributed by atoms with E-state index in [4.69, 9.17) is 9.16 Å². The lowest BCUT2D eigenvalue weighted by molar-refractivity contribution is 0.123. The summed E-state index contributed by atoms with van der Waals surface area (Å²) in [6, 6.07) is 9.86. The lowest BCUT2D eigenvalue weighted by Gasteiger charge is -2.46. The van der Waals surface area contributed by atoms with Gasteiger partial charge < -0.3 is 13.7 Å². The molecule has 1 aliphatic carbocycles. The Morgan fingerprint density at radius 1 is 0.969 bits per heavy atom. The van der Waals surface area contributed by atoms with Gasteiger partial charge in [0.15, 0.2) is 8.24 Å². The number of carbonyl (C=O) groups is 1. The molecule has 0 saturated carbocycles. The Labute approximate surface area is 197 Å². The fourth-order valence-electron chi connectivity index (χ4n) is 3.15. The Kier molecular flexibility index (Phi) is 7.93. The van der Waals surface area contributed by atoms with E-state index in [9.17, 15) is 4.79 Å². The second kappa shape index (κ2) is 9.60. The number of ether oxygens (including phenoxy) is 1. The second-order valence-electron chi connectivity index (χ2n) is 11.8. The standard InChI is InChI=1S/C26H43NO3Si2/c1-25(2,3)31(7,8)27(24(28)29-20-21-15-12-11-13-16-21)22-17-14-18-23(19-22)30-32(9,10)26(4,5)6/h11-13,15-17,19H,14,18,20H2,1-10H3. The van der Waals surface area contributed by atoms with E-state index in [0.29, 0.717) is 0 Å². The molecule has 0 saturated heterocycles. The zero-order valence-corrected chi connectivity index (χ0v) is 23.8. The van der Waals surface area contributed by atoms with Crippen LogP contribution in [0.3, 0.4) is 0 Å². The maximum absolute atomic E-state index is 13.5. The summed E-state index contributed by atoms with van der Waals surface area (Å²) in [4.78, 5) is 13.5. The number of allylic oxidation sites excluding steroid dienone is 3. The van der Waals surface area contributed by atoms with Gasteiger partial charge in [0.2, 0.25) is 8.32 Å². The van der Waals surface area contributed by atoms with Crippen LogP contribution in [0, 0.1) is 0 Å². The fraction of sp³-hybridized carbons (Fsp3) is 0.577.